The average Bonchev–Trinajstić information content (AvgIpc) is 2.90. The normalized spacial score (nSPS) is 11.9. The van der Waals surface area contributed by atoms with Gasteiger partial charge in [0, 0.05) is 18.1 Å². The molecular weight excluding hydrogens is 533 g/mol. The van der Waals surface area contributed by atoms with Gasteiger partial charge in [0.1, 0.15) is 24.2 Å². The first-order valence-electron chi connectivity index (χ1n) is 11.8. The monoisotopic (exact) mass is 561 g/mol. The lowest BCUT2D eigenvalue weighted by Crippen LogP contribution is -2.51. The third-order valence-electron chi connectivity index (χ3n) is 5.80. The fraction of sp³-hybridized carbons (Fsp3) is 0.259. The van der Waals surface area contributed by atoms with E-state index in [1.165, 1.54) is 48.4 Å². The van der Waals surface area contributed by atoms with E-state index in [1.807, 2.05) is 0 Å². The summed E-state index contributed by atoms with van der Waals surface area (Å²) in [6.45, 7) is 3.05. The van der Waals surface area contributed by atoms with E-state index in [4.69, 9.17) is 16.3 Å². The molecule has 0 aromatic heterocycles. The predicted octanol–water partition coefficient (Wildman–Crippen LogP) is 4.24. The second-order valence-corrected chi connectivity index (χ2v) is 10.7. The van der Waals surface area contributed by atoms with E-state index in [0.29, 0.717) is 22.9 Å². The van der Waals surface area contributed by atoms with Crippen molar-refractivity contribution in [2.24, 2.45) is 0 Å². The van der Waals surface area contributed by atoms with Crippen molar-refractivity contribution in [3.63, 3.8) is 0 Å². The second-order valence-electron chi connectivity index (χ2n) is 8.39. The molecule has 1 atom stereocenters. The first-order valence-corrected chi connectivity index (χ1v) is 13.6. The van der Waals surface area contributed by atoms with Crippen LogP contribution < -0.4 is 14.4 Å². The van der Waals surface area contributed by atoms with E-state index in [1.54, 1.807) is 38.1 Å². The number of sulfonamides is 1. The van der Waals surface area contributed by atoms with Gasteiger partial charge in [0.2, 0.25) is 11.8 Å². The zero-order valence-corrected chi connectivity index (χ0v) is 22.8. The Hall–Kier alpha value is -3.63. The third-order valence-corrected chi connectivity index (χ3v) is 7.82. The maximum absolute atomic E-state index is 13.7. The Kier molecular flexibility index (Phi) is 9.71. The Labute approximate surface area is 227 Å². The standard InChI is InChI=1S/C27H29ClFN3O5S/c1-4-30-27(34)19(2)31(17-20-6-5-7-21(28)16-20)26(33)18-32(23-10-8-22(29)9-11-23)38(35,36)25-14-12-24(37-3)13-15-25/h5-16,19H,4,17-18H2,1-3H3,(H,30,34)/t19-/m1/s1. The number of amides is 2. The van der Waals surface area contributed by atoms with E-state index >= 15 is 0 Å². The van der Waals surface area contributed by atoms with Crippen LogP contribution >= 0.6 is 11.6 Å². The molecule has 11 heteroatoms. The molecule has 0 saturated carbocycles. The lowest BCUT2D eigenvalue weighted by atomic mass is 10.1. The second kappa shape index (κ2) is 12.7. The number of hydrogen-bond acceptors (Lipinski definition) is 5. The fourth-order valence-corrected chi connectivity index (χ4v) is 5.37. The fourth-order valence-electron chi connectivity index (χ4n) is 3.75. The van der Waals surface area contributed by atoms with Crippen molar-refractivity contribution in [2.75, 3.05) is 24.5 Å². The molecule has 38 heavy (non-hydrogen) atoms. The largest absolute Gasteiger partial charge is 0.497 e. The van der Waals surface area contributed by atoms with Gasteiger partial charge < -0.3 is 15.0 Å². The maximum atomic E-state index is 13.7. The van der Waals surface area contributed by atoms with E-state index in [9.17, 15) is 22.4 Å². The van der Waals surface area contributed by atoms with Gasteiger partial charge in [-0.2, -0.15) is 0 Å². The summed E-state index contributed by atoms with van der Waals surface area (Å²) in [5.41, 5.74) is 0.747. The Morgan fingerprint density at radius 2 is 1.71 bits per heavy atom. The summed E-state index contributed by atoms with van der Waals surface area (Å²) in [7, 11) is -2.81. The van der Waals surface area contributed by atoms with Gasteiger partial charge in [-0.05, 0) is 80.1 Å². The van der Waals surface area contributed by atoms with Crippen molar-refractivity contribution in [3.05, 3.63) is 89.2 Å². The van der Waals surface area contributed by atoms with Crippen molar-refractivity contribution in [1.82, 2.24) is 10.2 Å². The number of halogens is 2. The Bertz CT molecular complexity index is 1370. The molecule has 0 aliphatic carbocycles. The predicted molar refractivity (Wildman–Crippen MR) is 144 cm³/mol. The van der Waals surface area contributed by atoms with Crippen LogP contribution in [0.5, 0.6) is 5.75 Å². The van der Waals surface area contributed by atoms with Crippen molar-refractivity contribution in [1.29, 1.82) is 0 Å². The molecule has 8 nitrogen and oxygen atoms in total. The minimum Gasteiger partial charge on any atom is -0.497 e. The number of ether oxygens (including phenoxy) is 1. The van der Waals surface area contributed by atoms with Crippen molar-refractivity contribution >= 4 is 39.1 Å². The molecule has 0 saturated heterocycles. The van der Waals surface area contributed by atoms with Gasteiger partial charge in [-0.15, -0.1) is 0 Å². The topological polar surface area (TPSA) is 96.0 Å². The number of carbonyl (C=O) groups excluding carboxylic acids is 2. The van der Waals surface area contributed by atoms with Gasteiger partial charge in [0.25, 0.3) is 10.0 Å². The molecule has 0 fully saturated rings. The van der Waals surface area contributed by atoms with Crippen LogP contribution in [0.4, 0.5) is 10.1 Å². The first-order chi connectivity index (χ1) is 18.1. The number of rotatable bonds is 11. The lowest BCUT2D eigenvalue weighted by molar-refractivity contribution is -0.139. The van der Waals surface area contributed by atoms with Gasteiger partial charge in [-0.3, -0.25) is 13.9 Å². The summed E-state index contributed by atoms with van der Waals surface area (Å²) in [4.78, 5) is 27.6. The highest BCUT2D eigenvalue weighted by Gasteiger charge is 2.32. The average molecular weight is 562 g/mol. The van der Waals surface area contributed by atoms with E-state index in [2.05, 4.69) is 5.32 Å². The molecule has 0 bridgehead atoms. The summed E-state index contributed by atoms with van der Waals surface area (Å²) >= 11 is 6.12. The summed E-state index contributed by atoms with van der Waals surface area (Å²) in [6, 6.07) is 16.4. The molecule has 2 amide bonds. The quantitative estimate of drug-likeness (QED) is 0.378. The molecule has 0 unspecified atom stereocenters. The van der Waals surface area contributed by atoms with Crippen LogP contribution in [0.25, 0.3) is 0 Å². The Balaban J connectivity index is 2.02. The number of methoxy groups -OCH3 is 1. The van der Waals surface area contributed by atoms with Crippen LogP contribution in [-0.4, -0.2) is 51.4 Å². The van der Waals surface area contributed by atoms with E-state index in [-0.39, 0.29) is 17.1 Å². The highest BCUT2D eigenvalue weighted by molar-refractivity contribution is 7.92. The molecule has 3 aromatic rings. The zero-order valence-electron chi connectivity index (χ0n) is 21.2. The number of carbonyl (C=O) groups is 2. The number of anilines is 1. The molecule has 202 valence electrons. The molecule has 3 rings (SSSR count). The van der Waals surface area contributed by atoms with Crippen molar-refractivity contribution in [2.45, 2.75) is 31.3 Å². The molecule has 0 spiro atoms. The number of hydrogen-bond donors (Lipinski definition) is 1. The number of likely N-dealkylation sites (N-methyl/N-ethyl adjacent to an activating group) is 1. The van der Waals surface area contributed by atoms with Crippen LogP contribution in [0.3, 0.4) is 0 Å². The SMILES string of the molecule is CCNC(=O)[C@@H](C)N(Cc1cccc(Cl)c1)C(=O)CN(c1ccc(F)cc1)S(=O)(=O)c1ccc(OC)cc1. The lowest BCUT2D eigenvalue weighted by Gasteiger charge is -2.32. The van der Waals surface area contributed by atoms with Crippen LogP contribution in [0.1, 0.15) is 19.4 Å². The molecule has 0 aliphatic heterocycles. The van der Waals surface area contributed by atoms with Crippen LogP contribution in [-0.2, 0) is 26.2 Å². The number of nitrogens with one attached hydrogen (secondary N) is 1. The molecule has 0 aliphatic rings. The van der Waals surface area contributed by atoms with Crippen molar-refractivity contribution < 1.29 is 27.1 Å². The summed E-state index contributed by atoms with van der Waals surface area (Å²) in [6.07, 6.45) is 0. The Morgan fingerprint density at radius 1 is 1.05 bits per heavy atom. The van der Waals surface area contributed by atoms with Crippen LogP contribution in [0, 0.1) is 5.82 Å². The molecular formula is C27H29ClFN3O5S. The maximum Gasteiger partial charge on any atom is 0.264 e. The molecule has 1 N–H and O–H groups in total. The van der Waals surface area contributed by atoms with Crippen LogP contribution in [0.2, 0.25) is 5.02 Å². The summed E-state index contributed by atoms with van der Waals surface area (Å²) < 4.78 is 47.1. The summed E-state index contributed by atoms with van der Waals surface area (Å²) in [5, 5.41) is 3.15. The van der Waals surface area contributed by atoms with Gasteiger partial charge in [-0.1, -0.05) is 23.7 Å². The van der Waals surface area contributed by atoms with Crippen LogP contribution in [0.15, 0.2) is 77.7 Å². The van der Waals surface area contributed by atoms with Gasteiger partial charge >= 0.3 is 0 Å². The van der Waals surface area contributed by atoms with Gasteiger partial charge in [0.15, 0.2) is 0 Å². The smallest absolute Gasteiger partial charge is 0.264 e. The van der Waals surface area contributed by atoms with Crippen molar-refractivity contribution in [3.8, 4) is 5.75 Å². The number of nitrogens with zero attached hydrogens (tertiary/aromatic N) is 2. The molecule has 0 heterocycles. The highest BCUT2D eigenvalue weighted by atomic mass is 35.5. The minimum absolute atomic E-state index is 0.0114. The summed E-state index contributed by atoms with van der Waals surface area (Å²) in [5.74, 6) is -1.13. The van der Waals surface area contributed by atoms with Gasteiger partial charge in [-0.25, -0.2) is 12.8 Å². The molecule has 0 radical (unpaired) electrons. The Morgan fingerprint density at radius 3 is 2.29 bits per heavy atom. The third kappa shape index (κ3) is 7.02. The number of benzene rings is 3. The van der Waals surface area contributed by atoms with Gasteiger partial charge in [0.05, 0.1) is 17.7 Å². The zero-order chi connectivity index (χ0) is 27.9. The first kappa shape index (κ1) is 28.9. The molecule has 3 aromatic carbocycles. The highest BCUT2D eigenvalue weighted by Crippen LogP contribution is 2.26. The van der Waals surface area contributed by atoms with E-state index < -0.39 is 40.2 Å². The van der Waals surface area contributed by atoms with E-state index in [0.717, 1.165) is 16.4 Å². The minimum atomic E-state index is -4.27.